The number of amides is 1. The lowest BCUT2D eigenvalue weighted by Crippen LogP contribution is -2.41. The fourth-order valence-electron chi connectivity index (χ4n) is 2.13. The number of ether oxygens (including phenoxy) is 1. The van der Waals surface area contributed by atoms with Crippen LogP contribution in [0.2, 0.25) is 0 Å². The molecule has 0 spiro atoms. The highest BCUT2D eigenvalue weighted by atomic mass is 16.5. The van der Waals surface area contributed by atoms with Crippen molar-refractivity contribution in [3.05, 3.63) is 24.3 Å². The molecule has 1 amide bonds. The predicted octanol–water partition coefficient (Wildman–Crippen LogP) is 0.572. The summed E-state index contributed by atoms with van der Waals surface area (Å²) in [6.45, 7) is 1.43. The number of nitrogens with zero attached hydrogens (tertiary/aromatic N) is 3. The van der Waals surface area contributed by atoms with E-state index in [-0.39, 0.29) is 25.0 Å². The molecule has 2 rings (SSSR count). The lowest BCUT2D eigenvalue weighted by atomic mass is 10.1. The number of carbonyl (C=O) groups is 2. The van der Waals surface area contributed by atoms with E-state index in [1.807, 2.05) is 0 Å². The van der Waals surface area contributed by atoms with Crippen molar-refractivity contribution in [2.24, 2.45) is 0 Å². The number of carbonyl (C=O) groups excluding carboxylic acids is 1. The van der Waals surface area contributed by atoms with Gasteiger partial charge in [-0.3, -0.25) is 9.59 Å². The first kappa shape index (κ1) is 14.4. The van der Waals surface area contributed by atoms with Gasteiger partial charge in [0.25, 0.3) is 5.91 Å². The fraction of sp³-hybridized carbons (Fsp3) is 0.538. The summed E-state index contributed by atoms with van der Waals surface area (Å²) in [6.07, 6.45) is 5.89. The van der Waals surface area contributed by atoms with Crippen molar-refractivity contribution in [3.8, 4) is 0 Å². The van der Waals surface area contributed by atoms with E-state index in [0.717, 1.165) is 12.8 Å². The maximum absolute atomic E-state index is 12.1. The summed E-state index contributed by atoms with van der Waals surface area (Å²) in [5, 5.41) is 8.54. The molecule has 0 aliphatic carbocycles. The Balaban J connectivity index is 1.77. The van der Waals surface area contributed by atoms with Crippen LogP contribution in [0.5, 0.6) is 0 Å². The normalized spacial score (nSPS) is 16.1. The van der Waals surface area contributed by atoms with Crippen LogP contribution in [-0.4, -0.2) is 57.7 Å². The van der Waals surface area contributed by atoms with Crippen LogP contribution in [-0.2, 0) is 9.53 Å². The summed E-state index contributed by atoms with van der Waals surface area (Å²) in [5.74, 6) is -0.934. The molecule has 20 heavy (non-hydrogen) atoms. The van der Waals surface area contributed by atoms with Crippen molar-refractivity contribution < 1.29 is 19.4 Å². The molecule has 7 heteroatoms. The highest BCUT2D eigenvalue weighted by Gasteiger charge is 2.24. The van der Waals surface area contributed by atoms with Gasteiger partial charge in [-0.05, 0) is 12.8 Å². The highest BCUT2D eigenvalue weighted by molar-refractivity contribution is 5.93. The van der Waals surface area contributed by atoms with Crippen molar-refractivity contribution in [1.29, 1.82) is 0 Å². The van der Waals surface area contributed by atoms with E-state index in [0.29, 0.717) is 18.7 Å². The molecule has 1 aliphatic heterocycles. The minimum Gasteiger partial charge on any atom is -0.481 e. The van der Waals surface area contributed by atoms with Crippen LogP contribution in [0.25, 0.3) is 0 Å². The smallest absolute Gasteiger partial charge is 0.305 e. The largest absolute Gasteiger partial charge is 0.481 e. The van der Waals surface area contributed by atoms with Crippen LogP contribution in [0.4, 0.5) is 0 Å². The Bertz CT molecular complexity index is 458. The van der Waals surface area contributed by atoms with E-state index in [1.165, 1.54) is 18.7 Å². The van der Waals surface area contributed by atoms with Gasteiger partial charge in [-0.25, -0.2) is 9.97 Å². The summed E-state index contributed by atoms with van der Waals surface area (Å²) in [7, 11) is 0. The van der Waals surface area contributed by atoms with Gasteiger partial charge in [0.1, 0.15) is 6.33 Å². The van der Waals surface area contributed by atoms with E-state index < -0.39 is 5.97 Å². The Morgan fingerprint density at radius 2 is 1.95 bits per heavy atom. The lowest BCUT2D eigenvalue weighted by molar-refractivity contribution is -0.138. The topological polar surface area (TPSA) is 92.6 Å². The summed E-state index contributed by atoms with van der Waals surface area (Å²) >= 11 is 0. The Labute approximate surface area is 116 Å². The molecule has 1 saturated heterocycles. The van der Waals surface area contributed by atoms with Crippen molar-refractivity contribution in [1.82, 2.24) is 14.9 Å². The molecule has 108 valence electrons. The molecule has 0 radical (unpaired) electrons. The maximum atomic E-state index is 12.1. The molecule has 0 aromatic carbocycles. The van der Waals surface area contributed by atoms with Gasteiger partial charge in [0, 0.05) is 25.5 Å². The van der Waals surface area contributed by atoms with E-state index in [9.17, 15) is 9.59 Å². The van der Waals surface area contributed by atoms with Crippen molar-refractivity contribution in [2.75, 3.05) is 19.7 Å². The third kappa shape index (κ3) is 3.99. The van der Waals surface area contributed by atoms with Crippen molar-refractivity contribution in [2.45, 2.75) is 25.4 Å². The zero-order chi connectivity index (χ0) is 14.4. The summed E-state index contributed by atoms with van der Waals surface area (Å²) in [4.78, 5) is 31.9. The van der Waals surface area contributed by atoms with E-state index in [4.69, 9.17) is 9.84 Å². The molecular formula is C13H17N3O4. The molecule has 0 atom stereocenters. The molecule has 0 saturated carbocycles. The summed E-state index contributed by atoms with van der Waals surface area (Å²) < 4.78 is 5.48. The second kappa shape index (κ2) is 6.95. The van der Waals surface area contributed by atoms with Gasteiger partial charge in [-0.15, -0.1) is 0 Å². The molecule has 1 aliphatic rings. The van der Waals surface area contributed by atoms with Crippen LogP contribution < -0.4 is 0 Å². The third-order valence-electron chi connectivity index (χ3n) is 3.21. The lowest BCUT2D eigenvalue weighted by Gasteiger charge is -2.31. The van der Waals surface area contributed by atoms with Crippen LogP contribution >= 0.6 is 0 Å². The molecular weight excluding hydrogens is 262 g/mol. The third-order valence-corrected chi connectivity index (χ3v) is 3.21. The first-order chi connectivity index (χ1) is 9.66. The Morgan fingerprint density at radius 1 is 1.30 bits per heavy atom. The molecule has 1 N–H and O–H groups in total. The van der Waals surface area contributed by atoms with Crippen LogP contribution in [0, 0.1) is 0 Å². The molecule has 0 bridgehead atoms. The van der Waals surface area contributed by atoms with Crippen molar-refractivity contribution >= 4 is 11.9 Å². The average molecular weight is 279 g/mol. The Hall–Kier alpha value is -2.02. The molecule has 1 aromatic heterocycles. The number of hydrogen-bond acceptors (Lipinski definition) is 5. The van der Waals surface area contributed by atoms with Crippen molar-refractivity contribution in [3.63, 3.8) is 0 Å². The van der Waals surface area contributed by atoms with Gasteiger partial charge in [0.05, 0.1) is 24.7 Å². The number of hydrogen-bond donors (Lipinski definition) is 1. The van der Waals surface area contributed by atoms with Gasteiger partial charge in [-0.2, -0.15) is 0 Å². The summed E-state index contributed by atoms with van der Waals surface area (Å²) in [5.41, 5.74) is 0.484. The Kier molecular flexibility index (Phi) is 5.00. The van der Waals surface area contributed by atoms with Crippen LogP contribution in [0.1, 0.15) is 29.6 Å². The SMILES string of the molecule is O=C(O)CCOC1CCN(C(=O)c2cncnc2)CC1. The van der Waals surface area contributed by atoms with Crippen LogP contribution in [0.3, 0.4) is 0 Å². The van der Waals surface area contributed by atoms with Gasteiger partial charge < -0.3 is 14.7 Å². The number of carboxylic acids is 1. The molecule has 7 nitrogen and oxygen atoms in total. The maximum Gasteiger partial charge on any atom is 0.305 e. The molecule has 1 aromatic rings. The van der Waals surface area contributed by atoms with Gasteiger partial charge in [0.2, 0.25) is 0 Å². The number of piperidine rings is 1. The van der Waals surface area contributed by atoms with Gasteiger partial charge >= 0.3 is 5.97 Å². The average Bonchev–Trinajstić information content (AvgIpc) is 2.48. The minimum atomic E-state index is -0.860. The number of aromatic nitrogens is 2. The zero-order valence-electron chi connectivity index (χ0n) is 11.1. The van der Waals surface area contributed by atoms with Crippen LogP contribution in [0.15, 0.2) is 18.7 Å². The van der Waals surface area contributed by atoms with Gasteiger partial charge in [-0.1, -0.05) is 0 Å². The molecule has 1 fully saturated rings. The fourth-order valence-corrected chi connectivity index (χ4v) is 2.13. The standard InChI is InChI=1S/C13H17N3O4/c17-12(18)3-6-20-11-1-4-16(5-2-11)13(19)10-7-14-9-15-8-10/h7-9,11H,1-6H2,(H,17,18). The number of carboxylic acid groups (broad SMARTS) is 1. The highest BCUT2D eigenvalue weighted by Crippen LogP contribution is 2.16. The minimum absolute atomic E-state index is 0.0144. The van der Waals surface area contributed by atoms with E-state index >= 15 is 0 Å². The van der Waals surface area contributed by atoms with E-state index in [2.05, 4.69) is 9.97 Å². The zero-order valence-corrected chi connectivity index (χ0v) is 11.1. The molecule has 0 unspecified atom stereocenters. The monoisotopic (exact) mass is 279 g/mol. The number of aliphatic carboxylic acids is 1. The van der Waals surface area contributed by atoms with E-state index in [1.54, 1.807) is 4.90 Å². The number of rotatable bonds is 5. The predicted molar refractivity (Wildman–Crippen MR) is 69.2 cm³/mol. The van der Waals surface area contributed by atoms with Gasteiger partial charge in [0.15, 0.2) is 0 Å². The summed E-state index contributed by atoms with van der Waals surface area (Å²) in [6, 6.07) is 0. The first-order valence-electron chi connectivity index (χ1n) is 6.54. The molecule has 2 heterocycles. The first-order valence-corrected chi connectivity index (χ1v) is 6.54. The second-order valence-electron chi connectivity index (χ2n) is 4.63. The number of likely N-dealkylation sites (tertiary alicyclic amines) is 1. The Morgan fingerprint density at radius 3 is 2.55 bits per heavy atom. The second-order valence-corrected chi connectivity index (χ2v) is 4.63. The quantitative estimate of drug-likeness (QED) is 0.847.